The third-order valence-corrected chi connectivity index (χ3v) is 1.83. The van der Waals surface area contributed by atoms with Crippen LogP contribution in [-0.4, -0.2) is 11.5 Å². The first-order valence-electron chi connectivity index (χ1n) is 3.55. The Kier molecular flexibility index (Phi) is 2.35. The number of halogens is 1. The number of nitrogens with zero attached hydrogens (tertiary/aromatic N) is 1. The summed E-state index contributed by atoms with van der Waals surface area (Å²) >= 11 is 0. The summed E-state index contributed by atoms with van der Waals surface area (Å²) in [6, 6.07) is 2.10. The van der Waals surface area contributed by atoms with Crippen LogP contribution in [0.2, 0.25) is 0 Å². The summed E-state index contributed by atoms with van der Waals surface area (Å²) in [4.78, 5) is 4.21. The summed E-state index contributed by atoms with van der Waals surface area (Å²) in [5.41, 5.74) is 3.71. The monoisotopic (exact) mass is 170 g/mol. The van der Waals surface area contributed by atoms with Gasteiger partial charge in [0.25, 0.3) is 0 Å². The number of aromatic nitrogens is 1. The van der Waals surface area contributed by atoms with Gasteiger partial charge in [-0.1, -0.05) is 0 Å². The highest BCUT2D eigenvalue weighted by atomic mass is 35.5. The zero-order valence-electron chi connectivity index (χ0n) is 6.42. The molecule has 3 heteroatoms. The molecule has 0 saturated carbocycles. The minimum Gasteiger partial charge on any atom is -0.384 e. The van der Waals surface area contributed by atoms with Crippen LogP contribution in [-0.2, 0) is 6.42 Å². The fourth-order valence-electron chi connectivity index (χ4n) is 1.28. The molecule has 2 heterocycles. The van der Waals surface area contributed by atoms with Gasteiger partial charge < -0.3 is 5.32 Å². The molecule has 0 amide bonds. The summed E-state index contributed by atoms with van der Waals surface area (Å²) in [5, 5.41) is 3.30. The number of anilines is 1. The van der Waals surface area contributed by atoms with E-state index >= 15 is 0 Å². The maximum absolute atomic E-state index is 4.21. The van der Waals surface area contributed by atoms with Gasteiger partial charge in [-0.3, -0.25) is 4.98 Å². The number of nitrogens with one attached hydrogen (secondary N) is 1. The minimum absolute atomic E-state index is 0. The summed E-state index contributed by atoms with van der Waals surface area (Å²) in [6.07, 6.45) is 3.09. The van der Waals surface area contributed by atoms with Crippen molar-refractivity contribution in [3.8, 4) is 0 Å². The maximum atomic E-state index is 4.21. The maximum Gasteiger partial charge on any atom is 0.0407 e. The third-order valence-electron chi connectivity index (χ3n) is 1.83. The number of aryl methyl sites for hydroxylation is 1. The van der Waals surface area contributed by atoms with E-state index in [0.717, 1.165) is 18.7 Å². The predicted molar refractivity (Wildman–Crippen MR) is 48.4 cm³/mol. The van der Waals surface area contributed by atoms with Gasteiger partial charge in [-0.25, -0.2) is 0 Å². The highest BCUT2D eigenvalue weighted by Crippen LogP contribution is 2.20. The topological polar surface area (TPSA) is 24.9 Å². The van der Waals surface area contributed by atoms with Gasteiger partial charge in [0, 0.05) is 24.1 Å². The molecule has 1 aliphatic rings. The summed E-state index contributed by atoms with van der Waals surface area (Å²) < 4.78 is 0. The average molecular weight is 171 g/mol. The van der Waals surface area contributed by atoms with E-state index in [1.807, 2.05) is 13.1 Å². The van der Waals surface area contributed by atoms with E-state index in [1.165, 1.54) is 11.3 Å². The van der Waals surface area contributed by atoms with Crippen molar-refractivity contribution in [2.45, 2.75) is 13.3 Å². The van der Waals surface area contributed by atoms with Crippen LogP contribution in [0.5, 0.6) is 0 Å². The van der Waals surface area contributed by atoms with E-state index in [1.54, 1.807) is 0 Å². The summed E-state index contributed by atoms with van der Waals surface area (Å²) in [6.45, 7) is 3.08. The Morgan fingerprint density at radius 1 is 1.55 bits per heavy atom. The Hall–Kier alpha value is -0.760. The molecular formula is C8H11ClN2. The SMILES string of the molecule is Cc1cc2c(cn1)CCN2.Cl. The van der Waals surface area contributed by atoms with Crippen LogP contribution in [0.15, 0.2) is 12.3 Å². The highest BCUT2D eigenvalue weighted by molar-refractivity contribution is 5.85. The smallest absolute Gasteiger partial charge is 0.0407 e. The van der Waals surface area contributed by atoms with Crippen molar-refractivity contribution in [1.82, 2.24) is 4.98 Å². The standard InChI is InChI=1S/C8H10N2.ClH/c1-6-4-8-7(5-10-6)2-3-9-8;/h4-5,9H,2-3H2,1H3;1H. The van der Waals surface area contributed by atoms with Crippen LogP contribution in [0.1, 0.15) is 11.3 Å². The molecule has 60 valence electrons. The van der Waals surface area contributed by atoms with Gasteiger partial charge in [-0.05, 0) is 25.0 Å². The van der Waals surface area contributed by atoms with Gasteiger partial charge in [0.1, 0.15) is 0 Å². The molecular weight excluding hydrogens is 160 g/mol. The van der Waals surface area contributed by atoms with E-state index in [4.69, 9.17) is 0 Å². The van der Waals surface area contributed by atoms with Gasteiger partial charge in [-0.15, -0.1) is 12.4 Å². The van der Waals surface area contributed by atoms with Crippen molar-refractivity contribution >= 4 is 18.1 Å². The lowest BCUT2D eigenvalue weighted by Gasteiger charge is -1.98. The number of hydrogen-bond acceptors (Lipinski definition) is 2. The van der Waals surface area contributed by atoms with Crippen molar-refractivity contribution in [3.63, 3.8) is 0 Å². The molecule has 2 rings (SSSR count). The fourth-order valence-corrected chi connectivity index (χ4v) is 1.28. The Morgan fingerprint density at radius 2 is 2.36 bits per heavy atom. The molecule has 1 aromatic heterocycles. The van der Waals surface area contributed by atoms with E-state index in [2.05, 4.69) is 16.4 Å². The second kappa shape index (κ2) is 3.09. The molecule has 0 fully saturated rings. The Balaban J connectivity index is 0.000000605. The molecule has 0 aromatic carbocycles. The molecule has 1 aromatic rings. The first-order chi connectivity index (χ1) is 4.86. The van der Waals surface area contributed by atoms with Crippen LogP contribution in [0.4, 0.5) is 5.69 Å². The summed E-state index contributed by atoms with van der Waals surface area (Å²) in [5.74, 6) is 0. The van der Waals surface area contributed by atoms with Crippen LogP contribution in [0.25, 0.3) is 0 Å². The van der Waals surface area contributed by atoms with E-state index in [0.29, 0.717) is 0 Å². The van der Waals surface area contributed by atoms with Gasteiger partial charge in [0.15, 0.2) is 0 Å². The lowest BCUT2D eigenvalue weighted by molar-refractivity contribution is 1.08. The predicted octanol–water partition coefficient (Wildman–Crippen LogP) is 1.78. The molecule has 11 heavy (non-hydrogen) atoms. The van der Waals surface area contributed by atoms with Crippen molar-refractivity contribution in [3.05, 3.63) is 23.5 Å². The Morgan fingerprint density at radius 3 is 3.18 bits per heavy atom. The molecule has 0 spiro atoms. The van der Waals surface area contributed by atoms with Crippen LogP contribution >= 0.6 is 12.4 Å². The Labute approximate surface area is 72.4 Å². The zero-order chi connectivity index (χ0) is 6.97. The molecule has 2 nitrogen and oxygen atoms in total. The lowest BCUT2D eigenvalue weighted by Crippen LogP contribution is -1.91. The molecule has 0 unspecified atom stereocenters. The second-order valence-electron chi connectivity index (χ2n) is 2.66. The molecule has 0 saturated heterocycles. The summed E-state index contributed by atoms with van der Waals surface area (Å²) in [7, 11) is 0. The van der Waals surface area contributed by atoms with Crippen molar-refractivity contribution < 1.29 is 0 Å². The normalized spacial score (nSPS) is 13.2. The van der Waals surface area contributed by atoms with Gasteiger partial charge in [-0.2, -0.15) is 0 Å². The largest absolute Gasteiger partial charge is 0.384 e. The molecule has 0 aliphatic carbocycles. The van der Waals surface area contributed by atoms with Gasteiger partial charge in [0.05, 0.1) is 0 Å². The third kappa shape index (κ3) is 1.46. The quantitative estimate of drug-likeness (QED) is 0.642. The highest BCUT2D eigenvalue weighted by Gasteiger charge is 2.08. The number of fused-ring (bicyclic) bond motifs is 1. The zero-order valence-corrected chi connectivity index (χ0v) is 7.24. The van der Waals surface area contributed by atoms with Crippen molar-refractivity contribution in [1.29, 1.82) is 0 Å². The molecule has 1 aliphatic heterocycles. The van der Waals surface area contributed by atoms with E-state index < -0.39 is 0 Å². The van der Waals surface area contributed by atoms with Crippen LogP contribution in [0, 0.1) is 6.92 Å². The lowest BCUT2D eigenvalue weighted by atomic mass is 10.2. The van der Waals surface area contributed by atoms with Crippen molar-refractivity contribution in [2.24, 2.45) is 0 Å². The molecule has 0 bridgehead atoms. The van der Waals surface area contributed by atoms with Gasteiger partial charge in [0.2, 0.25) is 0 Å². The molecule has 1 N–H and O–H groups in total. The number of rotatable bonds is 0. The van der Waals surface area contributed by atoms with Crippen LogP contribution in [0.3, 0.4) is 0 Å². The minimum atomic E-state index is 0. The van der Waals surface area contributed by atoms with E-state index in [9.17, 15) is 0 Å². The van der Waals surface area contributed by atoms with Crippen molar-refractivity contribution in [2.75, 3.05) is 11.9 Å². The van der Waals surface area contributed by atoms with E-state index in [-0.39, 0.29) is 12.4 Å². The fraction of sp³-hybridized carbons (Fsp3) is 0.375. The molecule has 0 radical (unpaired) electrons. The molecule has 0 atom stereocenters. The van der Waals surface area contributed by atoms with Crippen LogP contribution < -0.4 is 5.32 Å². The number of pyridine rings is 1. The first kappa shape index (κ1) is 8.34. The average Bonchev–Trinajstić information content (AvgIpc) is 2.33. The second-order valence-corrected chi connectivity index (χ2v) is 2.66. The number of hydrogen-bond donors (Lipinski definition) is 1. The first-order valence-corrected chi connectivity index (χ1v) is 3.55. The van der Waals surface area contributed by atoms with Gasteiger partial charge >= 0.3 is 0 Å². The Bertz CT molecular complexity index is 260.